The molecule has 0 unspecified atom stereocenters. The maximum Gasteiger partial charge on any atom is 0.335 e. The minimum Gasteiger partial charge on any atom is -0.478 e. The number of nitrogens with one attached hydrogen (secondary N) is 1. The summed E-state index contributed by atoms with van der Waals surface area (Å²) in [6, 6.07) is 3.08. The lowest BCUT2D eigenvalue weighted by Gasteiger charge is -2.06. The maximum atomic E-state index is 11.0. The highest BCUT2D eigenvalue weighted by atomic mass is 32.1. The van der Waals surface area contributed by atoms with Gasteiger partial charge in [-0.1, -0.05) is 6.92 Å². The summed E-state index contributed by atoms with van der Waals surface area (Å²) in [5, 5.41) is 13.1. The van der Waals surface area contributed by atoms with E-state index in [1.807, 2.05) is 6.20 Å². The van der Waals surface area contributed by atoms with E-state index in [1.54, 1.807) is 24.3 Å². The number of aromatic carboxylic acids is 1. The first-order valence-corrected chi connectivity index (χ1v) is 6.79. The lowest BCUT2D eigenvalue weighted by molar-refractivity contribution is 0.0696. The first kappa shape index (κ1) is 13.5. The average molecular weight is 277 g/mol. The molecule has 0 spiro atoms. The summed E-state index contributed by atoms with van der Waals surface area (Å²) in [7, 11) is 0. The Hall–Kier alpha value is -1.95. The molecule has 0 radical (unpaired) electrons. The summed E-state index contributed by atoms with van der Waals surface area (Å²) in [4.78, 5) is 20.7. The van der Waals surface area contributed by atoms with Crippen molar-refractivity contribution in [2.75, 3.05) is 5.32 Å². The molecule has 0 saturated carbocycles. The number of aryl methyl sites for hydroxylation is 2. The Labute approximate surface area is 115 Å². The number of anilines is 1. The second kappa shape index (κ2) is 5.79. The van der Waals surface area contributed by atoms with Crippen molar-refractivity contribution in [3.05, 3.63) is 39.5 Å². The van der Waals surface area contributed by atoms with E-state index in [2.05, 4.69) is 22.2 Å². The van der Waals surface area contributed by atoms with Crippen LogP contribution in [0, 0.1) is 6.92 Å². The van der Waals surface area contributed by atoms with E-state index in [9.17, 15) is 4.79 Å². The van der Waals surface area contributed by atoms with Crippen LogP contribution in [0.5, 0.6) is 0 Å². The second-order valence-electron chi connectivity index (χ2n) is 4.12. The summed E-state index contributed by atoms with van der Waals surface area (Å²) >= 11 is 1.65. The van der Waals surface area contributed by atoms with Crippen LogP contribution in [-0.4, -0.2) is 21.0 Å². The quantitative estimate of drug-likeness (QED) is 0.879. The van der Waals surface area contributed by atoms with Gasteiger partial charge in [-0.05, 0) is 25.5 Å². The number of hydrogen-bond acceptors (Lipinski definition) is 5. The third kappa shape index (κ3) is 3.51. The van der Waals surface area contributed by atoms with E-state index < -0.39 is 5.97 Å². The molecule has 2 heterocycles. The van der Waals surface area contributed by atoms with Crippen LogP contribution in [-0.2, 0) is 13.0 Å². The molecule has 19 heavy (non-hydrogen) atoms. The van der Waals surface area contributed by atoms with Crippen molar-refractivity contribution in [3.8, 4) is 0 Å². The predicted molar refractivity (Wildman–Crippen MR) is 74.8 cm³/mol. The normalized spacial score (nSPS) is 10.4. The van der Waals surface area contributed by atoms with Gasteiger partial charge in [0, 0.05) is 16.8 Å². The number of rotatable bonds is 5. The zero-order valence-electron chi connectivity index (χ0n) is 10.8. The Morgan fingerprint density at radius 2 is 2.26 bits per heavy atom. The summed E-state index contributed by atoms with van der Waals surface area (Å²) in [5.74, 6) is -0.387. The third-order valence-corrected chi connectivity index (χ3v) is 3.71. The minimum absolute atomic E-state index is 0.239. The van der Waals surface area contributed by atoms with Crippen LogP contribution >= 0.6 is 11.3 Å². The molecule has 2 aromatic heterocycles. The number of pyridine rings is 1. The second-order valence-corrected chi connectivity index (χ2v) is 5.31. The van der Waals surface area contributed by atoms with Gasteiger partial charge in [0.25, 0.3) is 0 Å². The van der Waals surface area contributed by atoms with E-state index in [0.717, 1.165) is 11.4 Å². The summed E-state index contributed by atoms with van der Waals surface area (Å²) < 4.78 is 0. The highest BCUT2D eigenvalue weighted by Gasteiger charge is 2.07. The molecule has 0 fully saturated rings. The highest BCUT2D eigenvalue weighted by Crippen LogP contribution is 2.16. The number of nitrogens with zero attached hydrogens (tertiary/aromatic N) is 2. The van der Waals surface area contributed by atoms with Crippen LogP contribution < -0.4 is 5.32 Å². The van der Waals surface area contributed by atoms with Gasteiger partial charge in [-0.15, -0.1) is 11.3 Å². The van der Waals surface area contributed by atoms with Gasteiger partial charge in [0.05, 0.1) is 12.1 Å². The third-order valence-electron chi connectivity index (χ3n) is 2.57. The SMILES string of the molecule is CCc1cnc(CNc2cc(C(=O)O)cc(C)n2)s1. The van der Waals surface area contributed by atoms with Gasteiger partial charge in [0.2, 0.25) is 0 Å². The first-order valence-electron chi connectivity index (χ1n) is 5.98. The fraction of sp³-hybridized carbons (Fsp3) is 0.308. The zero-order chi connectivity index (χ0) is 13.8. The molecule has 6 heteroatoms. The number of carbonyl (C=O) groups is 1. The lowest BCUT2D eigenvalue weighted by Crippen LogP contribution is -2.05. The van der Waals surface area contributed by atoms with Gasteiger partial charge < -0.3 is 10.4 Å². The molecule has 0 aliphatic carbocycles. The van der Waals surface area contributed by atoms with Crippen molar-refractivity contribution >= 4 is 23.1 Å². The van der Waals surface area contributed by atoms with Crippen molar-refractivity contribution in [3.63, 3.8) is 0 Å². The number of hydrogen-bond donors (Lipinski definition) is 2. The molecular formula is C13H15N3O2S. The topological polar surface area (TPSA) is 75.1 Å². The molecule has 2 aromatic rings. The van der Waals surface area contributed by atoms with E-state index in [1.165, 1.54) is 10.9 Å². The van der Waals surface area contributed by atoms with Crippen LogP contribution in [0.2, 0.25) is 0 Å². The number of carboxylic acids is 1. The smallest absolute Gasteiger partial charge is 0.335 e. The molecule has 2 N–H and O–H groups in total. The molecule has 2 rings (SSSR count). The summed E-state index contributed by atoms with van der Waals surface area (Å²) in [5.41, 5.74) is 0.916. The first-order chi connectivity index (χ1) is 9.08. The average Bonchev–Trinajstić information content (AvgIpc) is 2.83. The molecule has 0 aliphatic heterocycles. The van der Waals surface area contributed by atoms with Gasteiger partial charge in [-0.25, -0.2) is 14.8 Å². The predicted octanol–water partition coefficient (Wildman–Crippen LogP) is 2.72. The van der Waals surface area contributed by atoms with Crippen LogP contribution in [0.4, 0.5) is 5.82 Å². The Kier molecular flexibility index (Phi) is 4.11. The summed E-state index contributed by atoms with van der Waals surface area (Å²) in [6.07, 6.45) is 2.84. The Morgan fingerprint density at radius 3 is 2.89 bits per heavy atom. The number of aromatic nitrogens is 2. The monoisotopic (exact) mass is 277 g/mol. The van der Waals surface area contributed by atoms with Gasteiger partial charge in [-0.3, -0.25) is 0 Å². The fourth-order valence-electron chi connectivity index (χ4n) is 1.64. The fourth-order valence-corrected chi connectivity index (χ4v) is 2.44. The van der Waals surface area contributed by atoms with E-state index >= 15 is 0 Å². The molecule has 0 atom stereocenters. The van der Waals surface area contributed by atoms with Crippen LogP contribution in [0.15, 0.2) is 18.3 Å². The van der Waals surface area contributed by atoms with Gasteiger partial charge in [0.15, 0.2) is 0 Å². The summed E-state index contributed by atoms with van der Waals surface area (Å²) in [6.45, 7) is 4.42. The standard InChI is InChI=1S/C13H15N3O2S/c1-3-10-6-15-12(19-10)7-14-11-5-9(13(17)18)4-8(2)16-11/h4-6H,3,7H2,1-2H3,(H,14,16)(H,17,18). The molecular weight excluding hydrogens is 262 g/mol. The van der Waals surface area contributed by atoms with Crippen LogP contribution in [0.1, 0.15) is 32.9 Å². The van der Waals surface area contributed by atoms with Crippen molar-refractivity contribution in [2.45, 2.75) is 26.8 Å². The maximum absolute atomic E-state index is 11.0. The molecule has 0 aromatic carbocycles. The van der Waals surface area contributed by atoms with Crippen LogP contribution in [0.3, 0.4) is 0 Å². The van der Waals surface area contributed by atoms with E-state index in [0.29, 0.717) is 18.1 Å². The van der Waals surface area contributed by atoms with Crippen LogP contribution in [0.25, 0.3) is 0 Å². The zero-order valence-corrected chi connectivity index (χ0v) is 11.6. The van der Waals surface area contributed by atoms with E-state index in [4.69, 9.17) is 5.11 Å². The van der Waals surface area contributed by atoms with Gasteiger partial charge >= 0.3 is 5.97 Å². The van der Waals surface area contributed by atoms with Crippen molar-refractivity contribution in [1.29, 1.82) is 0 Å². The molecule has 0 amide bonds. The molecule has 100 valence electrons. The van der Waals surface area contributed by atoms with Gasteiger partial charge in [0.1, 0.15) is 10.8 Å². The largest absolute Gasteiger partial charge is 0.478 e. The van der Waals surface area contributed by atoms with Crippen molar-refractivity contribution in [2.24, 2.45) is 0 Å². The number of thiazole rings is 1. The molecule has 0 bridgehead atoms. The Bertz CT molecular complexity index is 595. The highest BCUT2D eigenvalue weighted by molar-refractivity contribution is 7.11. The molecule has 5 nitrogen and oxygen atoms in total. The van der Waals surface area contributed by atoms with Crippen molar-refractivity contribution < 1.29 is 9.90 Å². The molecule has 0 aliphatic rings. The Morgan fingerprint density at radius 1 is 1.47 bits per heavy atom. The lowest BCUT2D eigenvalue weighted by atomic mass is 10.2. The van der Waals surface area contributed by atoms with E-state index in [-0.39, 0.29) is 5.56 Å². The number of carboxylic acid groups (broad SMARTS) is 1. The van der Waals surface area contributed by atoms with Crippen molar-refractivity contribution in [1.82, 2.24) is 9.97 Å². The van der Waals surface area contributed by atoms with Gasteiger partial charge in [-0.2, -0.15) is 0 Å². The molecule has 0 saturated heterocycles. The minimum atomic E-state index is -0.948. The Balaban J connectivity index is 2.08.